The molecule has 0 bridgehead atoms. The number of rotatable bonds is 5. The maximum absolute atomic E-state index is 13.9. The van der Waals surface area contributed by atoms with Crippen LogP contribution in [0.3, 0.4) is 0 Å². The lowest BCUT2D eigenvalue weighted by Gasteiger charge is -2.25. The SMILES string of the molecule is CC(C)CC(=O)N1CC(F)(F)CC1Cn1cc(C(=O)N2CCOCC2)nn1. The number of halogens is 2. The van der Waals surface area contributed by atoms with Crippen LogP contribution in [0.15, 0.2) is 6.20 Å². The zero-order valence-corrected chi connectivity index (χ0v) is 15.6. The topological polar surface area (TPSA) is 80.6 Å². The normalized spacial score (nSPS) is 22.5. The molecule has 0 N–H and O–H groups in total. The van der Waals surface area contributed by atoms with Crippen LogP contribution in [0.4, 0.5) is 8.78 Å². The first-order valence-corrected chi connectivity index (χ1v) is 9.19. The lowest BCUT2D eigenvalue weighted by atomic mass is 10.1. The Kier molecular flexibility index (Phi) is 5.73. The molecule has 27 heavy (non-hydrogen) atoms. The Bertz CT molecular complexity index is 688. The Morgan fingerprint density at radius 2 is 2.04 bits per heavy atom. The van der Waals surface area contributed by atoms with Crippen LogP contribution in [0.1, 0.15) is 37.2 Å². The summed E-state index contributed by atoms with van der Waals surface area (Å²) >= 11 is 0. The van der Waals surface area contributed by atoms with E-state index in [1.54, 1.807) is 4.90 Å². The summed E-state index contributed by atoms with van der Waals surface area (Å²) in [5.74, 6) is -3.35. The maximum atomic E-state index is 13.9. The molecule has 1 aromatic rings. The van der Waals surface area contributed by atoms with Crippen LogP contribution in [-0.4, -0.2) is 81.4 Å². The molecule has 8 nitrogen and oxygen atoms in total. The zero-order valence-electron chi connectivity index (χ0n) is 15.6. The Balaban J connectivity index is 1.67. The Labute approximate surface area is 156 Å². The Hall–Kier alpha value is -2.10. The summed E-state index contributed by atoms with van der Waals surface area (Å²) in [5, 5.41) is 7.78. The molecule has 2 aliphatic rings. The van der Waals surface area contributed by atoms with Crippen LogP contribution < -0.4 is 0 Å². The zero-order chi connectivity index (χ0) is 19.6. The Morgan fingerprint density at radius 3 is 2.70 bits per heavy atom. The minimum atomic E-state index is -2.91. The van der Waals surface area contributed by atoms with Gasteiger partial charge in [-0.3, -0.25) is 9.59 Å². The van der Waals surface area contributed by atoms with Gasteiger partial charge in [-0.15, -0.1) is 5.10 Å². The fraction of sp³-hybridized carbons (Fsp3) is 0.765. The third-order valence-corrected chi connectivity index (χ3v) is 4.73. The van der Waals surface area contributed by atoms with Gasteiger partial charge in [0, 0.05) is 25.9 Å². The molecule has 10 heteroatoms. The number of carbonyl (C=O) groups excluding carboxylic acids is 2. The van der Waals surface area contributed by atoms with Crippen molar-refractivity contribution in [2.24, 2.45) is 5.92 Å². The van der Waals surface area contributed by atoms with Gasteiger partial charge in [-0.25, -0.2) is 13.5 Å². The first-order chi connectivity index (χ1) is 12.7. The van der Waals surface area contributed by atoms with Crippen molar-refractivity contribution in [3.8, 4) is 0 Å². The minimum absolute atomic E-state index is 0.0861. The average molecular weight is 385 g/mol. The van der Waals surface area contributed by atoms with E-state index in [1.165, 1.54) is 15.8 Å². The van der Waals surface area contributed by atoms with Crippen molar-refractivity contribution in [3.05, 3.63) is 11.9 Å². The lowest BCUT2D eigenvalue weighted by molar-refractivity contribution is -0.134. The number of likely N-dealkylation sites (tertiary alicyclic amines) is 1. The highest BCUT2D eigenvalue weighted by Gasteiger charge is 2.47. The molecule has 3 rings (SSSR count). The number of aromatic nitrogens is 3. The quantitative estimate of drug-likeness (QED) is 0.756. The number of alkyl halides is 2. The number of morpholine rings is 1. The molecule has 0 aliphatic carbocycles. The first-order valence-electron chi connectivity index (χ1n) is 9.19. The third kappa shape index (κ3) is 4.79. The molecule has 3 heterocycles. The summed E-state index contributed by atoms with van der Waals surface area (Å²) in [6, 6.07) is -0.667. The number of hydrogen-bond donors (Lipinski definition) is 0. The van der Waals surface area contributed by atoms with Crippen molar-refractivity contribution >= 4 is 11.8 Å². The molecule has 1 aromatic heterocycles. The molecule has 150 valence electrons. The number of hydrogen-bond acceptors (Lipinski definition) is 5. The highest BCUT2D eigenvalue weighted by atomic mass is 19.3. The van der Waals surface area contributed by atoms with E-state index >= 15 is 0 Å². The first kappa shape index (κ1) is 19.7. The molecule has 1 unspecified atom stereocenters. The minimum Gasteiger partial charge on any atom is -0.378 e. The van der Waals surface area contributed by atoms with Gasteiger partial charge in [0.2, 0.25) is 5.91 Å². The van der Waals surface area contributed by atoms with Crippen LogP contribution >= 0.6 is 0 Å². The summed E-state index contributed by atoms with van der Waals surface area (Å²) < 4.78 is 34.4. The predicted molar refractivity (Wildman–Crippen MR) is 91.3 cm³/mol. The number of amides is 2. The van der Waals surface area contributed by atoms with Crippen molar-refractivity contribution in [2.45, 2.75) is 45.2 Å². The number of nitrogens with zero attached hydrogens (tertiary/aromatic N) is 5. The van der Waals surface area contributed by atoms with Gasteiger partial charge < -0.3 is 14.5 Å². The van der Waals surface area contributed by atoms with E-state index < -0.39 is 24.9 Å². The molecule has 0 spiro atoms. The molecular weight excluding hydrogens is 360 g/mol. The van der Waals surface area contributed by atoms with Crippen LogP contribution in [-0.2, 0) is 16.1 Å². The summed E-state index contributed by atoms with van der Waals surface area (Å²) in [4.78, 5) is 27.6. The molecule has 2 aliphatic heterocycles. The average Bonchev–Trinajstić information content (AvgIpc) is 3.18. The van der Waals surface area contributed by atoms with Crippen molar-refractivity contribution in [3.63, 3.8) is 0 Å². The largest absolute Gasteiger partial charge is 0.378 e. The molecule has 2 fully saturated rings. The smallest absolute Gasteiger partial charge is 0.276 e. The van der Waals surface area contributed by atoms with Gasteiger partial charge in [-0.05, 0) is 5.92 Å². The predicted octanol–water partition coefficient (Wildman–Crippen LogP) is 1.03. The molecule has 0 aromatic carbocycles. The van der Waals surface area contributed by atoms with E-state index in [4.69, 9.17) is 4.74 Å². The fourth-order valence-electron chi connectivity index (χ4n) is 3.45. The maximum Gasteiger partial charge on any atom is 0.276 e. The van der Waals surface area contributed by atoms with Gasteiger partial charge in [0.25, 0.3) is 11.8 Å². The van der Waals surface area contributed by atoms with Crippen LogP contribution in [0.5, 0.6) is 0 Å². The highest BCUT2D eigenvalue weighted by Crippen LogP contribution is 2.33. The number of carbonyl (C=O) groups is 2. The molecule has 2 saturated heterocycles. The molecule has 1 atom stereocenters. The Morgan fingerprint density at radius 1 is 1.33 bits per heavy atom. The van der Waals surface area contributed by atoms with Gasteiger partial charge in [-0.1, -0.05) is 19.1 Å². The van der Waals surface area contributed by atoms with Crippen molar-refractivity contribution in [1.82, 2.24) is 24.8 Å². The van der Waals surface area contributed by atoms with Gasteiger partial charge in [0.1, 0.15) is 0 Å². The summed E-state index contributed by atoms with van der Waals surface area (Å²) in [6.45, 7) is 5.19. The molecular formula is C17H25F2N5O3. The van der Waals surface area contributed by atoms with Crippen molar-refractivity contribution in [2.75, 3.05) is 32.8 Å². The van der Waals surface area contributed by atoms with Gasteiger partial charge in [0.15, 0.2) is 5.69 Å². The van der Waals surface area contributed by atoms with Crippen molar-refractivity contribution in [1.29, 1.82) is 0 Å². The standard InChI is InChI=1S/C17H25F2N5O3/c1-12(2)7-15(25)24-11-17(18,19)8-13(24)9-23-10-14(20-21-23)16(26)22-3-5-27-6-4-22/h10,12-13H,3-9,11H2,1-2H3. The molecule has 2 amide bonds. The summed E-state index contributed by atoms with van der Waals surface area (Å²) in [6.07, 6.45) is 1.27. The second kappa shape index (κ2) is 7.87. The van der Waals surface area contributed by atoms with E-state index in [1.807, 2.05) is 13.8 Å². The van der Waals surface area contributed by atoms with E-state index in [0.717, 1.165) is 0 Å². The van der Waals surface area contributed by atoms with Gasteiger partial charge >= 0.3 is 0 Å². The highest BCUT2D eigenvalue weighted by molar-refractivity contribution is 5.92. The van der Waals surface area contributed by atoms with Gasteiger partial charge in [0.05, 0.1) is 38.5 Å². The second-order valence-electron chi connectivity index (χ2n) is 7.56. The van der Waals surface area contributed by atoms with Crippen LogP contribution in [0.25, 0.3) is 0 Å². The number of ether oxygens (including phenoxy) is 1. The molecule has 0 saturated carbocycles. The third-order valence-electron chi connectivity index (χ3n) is 4.73. The monoisotopic (exact) mass is 385 g/mol. The van der Waals surface area contributed by atoms with Crippen molar-refractivity contribution < 1.29 is 23.1 Å². The van der Waals surface area contributed by atoms with Gasteiger partial charge in [-0.2, -0.15) is 0 Å². The summed E-state index contributed by atoms with van der Waals surface area (Å²) in [7, 11) is 0. The molecule has 0 radical (unpaired) electrons. The fourth-order valence-corrected chi connectivity index (χ4v) is 3.45. The van der Waals surface area contributed by atoms with Crippen LogP contribution in [0.2, 0.25) is 0 Å². The lowest BCUT2D eigenvalue weighted by Crippen LogP contribution is -2.40. The second-order valence-corrected chi connectivity index (χ2v) is 7.56. The van der Waals surface area contributed by atoms with E-state index in [9.17, 15) is 18.4 Å². The van der Waals surface area contributed by atoms with E-state index in [-0.39, 0.29) is 36.4 Å². The van der Waals surface area contributed by atoms with E-state index in [2.05, 4.69) is 10.3 Å². The van der Waals surface area contributed by atoms with E-state index in [0.29, 0.717) is 26.3 Å². The summed E-state index contributed by atoms with van der Waals surface area (Å²) in [5.41, 5.74) is 0.168. The van der Waals surface area contributed by atoms with Crippen LogP contribution in [0, 0.1) is 5.92 Å².